The van der Waals surface area contributed by atoms with Crippen molar-refractivity contribution < 1.29 is 13.9 Å². The molecular weight excluding hydrogens is 246 g/mol. The highest BCUT2D eigenvalue weighted by Gasteiger charge is 2.10. The van der Waals surface area contributed by atoms with Gasteiger partial charge in [0.15, 0.2) is 0 Å². The van der Waals surface area contributed by atoms with Crippen LogP contribution < -0.4 is 10.1 Å². The Balaban J connectivity index is 2.37. The van der Waals surface area contributed by atoms with E-state index in [1.807, 2.05) is 0 Å². The van der Waals surface area contributed by atoms with Crippen molar-refractivity contribution >= 4 is 24.0 Å². The molecule has 7 heteroatoms. The number of aromatic nitrogens is 2. The number of nitrogens with one attached hydrogen (secondary N) is 1. The van der Waals surface area contributed by atoms with E-state index in [2.05, 4.69) is 15.5 Å². The predicted molar refractivity (Wildman–Crippen MR) is 61.0 cm³/mol. The zero-order valence-electron chi connectivity index (χ0n) is 8.81. The Bertz CT molecular complexity index is 541. The highest BCUT2D eigenvalue weighted by Crippen LogP contribution is 2.28. The van der Waals surface area contributed by atoms with Crippen LogP contribution in [0.4, 0.5) is 6.01 Å². The maximum atomic E-state index is 10.2. The number of hydrogen-bond acceptors (Lipinski definition) is 5. The molecule has 0 spiro atoms. The molecule has 0 unspecified atom stereocenters. The van der Waals surface area contributed by atoms with Crippen molar-refractivity contribution in [2.24, 2.45) is 0 Å². The van der Waals surface area contributed by atoms with Gasteiger partial charge in [-0.1, -0.05) is 16.7 Å². The van der Waals surface area contributed by atoms with Gasteiger partial charge in [0, 0.05) is 10.6 Å². The number of halogens is 1. The molecule has 0 fully saturated rings. The van der Waals surface area contributed by atoms with E-state index in [1.165, 1.54) is 7.11 Å². The van der Waals surface area contributed by atoms with E-state index in [1.54, 1.807) is 18.2 Å². The molecule has 17 heavy (non-hydrogen) atoms. The fraction of sp³-hybridized carbons (Fsp3) is 0.100. The maximum absolute atomic E-state index is 10.2. The molecule has 2 rings (SSSR count). The first-order chi connectivity index (χ1) is 8.22. The summed E-state index contributed by atoms with van der Waals surface area (Å²) >= 11 is 5.90. The second kappa shape index (κ2) is 4.84. The molecular formula is C10H8ClN3O3. The zero-order chi connectivity index (χ0) is 12.3. The molecule has 0 aliphatic carbocycles. The molecule has 0 radical (unpaired) electrons. The zero-order valence-corrected chi connectivity index (χ0v) is 9.56. The molecule has 0 saturated carbocycles. The first kappa shape index (κ1) is 11.4. The standard InChI is InChI=1S/C10H8ClN3O3/c1-16-8-3-6(2-7(11)4-8)9-13-14-10(17-9)12-5-15/h2-5H,1H3,(H,12,14,15). The fourth-order valence-electron chi connectivity index (χ4n) is 1.25. The average molecular weight is 254 g/mol. The third kappa shape index (κ3) is 2.54. The largest absolute Gasteiger partial charge is 0.497 e. The van der Waals surface area contributed by atoms with Crippen molar-refractivity contribution in [3.05, 3.63) is 23.2 Å². The average Bonchev–Trinajstić information content (AvgIpc) is 2.77. The van der Waals surface area contributed by atoms with Crippen LogP contribution in [-0.4, -0.2) is 23.7 Å². The Labute approximate surface area is 102 Å². The lowest BCUT2D eigenvalue weighted by atomic mass is 10.2. The van der Waals surface area contributed by atoms with Gasteiger partial charge in [-0.15, -0.1) is 5.10 Å². The number of anilines is 1. The Morgan fingerprint density at radius 1 is 1.41 bits per heavy atom. The second-order valence-electron chi connectivity index (χ2n) is 3.05. The van der Waals surface area contributed by atoms with Gasteiger partial charge in [-0.25, -0.2) is 0 Å². The number of hydrogen-bond donors (Lipinski definition) is 1. The summed E-state index contributed by atoms with van der Waals surface area (Å²) in [6.07, 6.45) is 0.454. The maximum Gasteiger partial charge on any atom is 0.322 e. The van der Waals surface area contributed by atoms with Crippen LogP contribution in [0.25, 0.3) is 11.5 Å². The molecule has 1 heterocycles. The summed E-state index contributed by atoms with van der Waals surface area (Å²) in [7, 11) is 1.53. The van der Waals surface area contributed by atoms with Gasteiger partial charge in [0.05, 0.1) is 7.11 Å². The summed E-state index contributed by atoms with van der Waals surface area (Å²) in [6.45, 7) is 0. The highest BCUT2D eigenvalue weighted by molar-refractivity contribution is 6.31. The van der Waals surface area contributed by atoms with Crippen LogP contribution in [0.5, 0.6) is 5.75 Å². The lowest BCUT2D eigenvalue weighted by Gasteiger charge is -2.02. The SMILES string of the molecule is COc1cc(Cl)cc(-c2nnc(NC=O)o2)c1. The first-order valence-electron chi connectivity index (χ1n) is 4.61. The van der Waals surface area contributed by atoms with Crippen molar-refractivity contribution in [2.75, 3.05) is 12.4 Å². The van der Waals surface area contributed by atoms with Crippen molar-refractivity contribution in [1.82, 2.24) is 10.2 Å². The van der Waals surface area contributed by atoms with Crippen LogP contribution in [0.15, 0.2) is 22.6 Å². The molecule has 1 N–H and O–H groups in total. The lowest BCUT2D eigenvalue weighted by molar-refractivity contribution is -0.105. The molecule has 6 nitrogen and oxygen atoms in total. The summed E-state index contributed by atoms with van der Waals surface area (Å²) in [5, 5.41) is 10.1. The quantitative estimate of drug-likeness (QED) is 0.843. The summed E-state index contributed by atoms with van der Waals surface area (Å²) < 4.78 is 10.3. The fourth-order valence-corrected chi connectivity index (χ4v) is 1.48. The molecule has 0 atom stereocenters. The molecule has 1 aromatic carbocycles. The second-order valence-corrected chi connectivity index (χ2v) is 3.49. The van der Waals surface area contributed by atoms with Gasteiger partial charge in [0.2, 0.25) is 12.3 Å². The number of benzene rings is 1. The summed E-state index contributed by atoms with van der Waals surface area (Å²) in [4.78, 5) is 10.2. The van der Waals surface area contributed by atoms with Gasteiger partial charge < -0.3 is 9.15 Å². The third-order valence-corrected chi connectivity index (χ3v) is 2.18. The van der Waals surface area contributed by atoms with Crippen LogP contribution in [-0.2, 0) is 4.79 Å². The minimum atomic E-state index is 0.0222. The van der Waals surface area contributed by atoms with E-state index in [0.717, 1.165) is 0 Å². The number of carbonyl (C=O) groups is 1. The van der Waals surface area contributed by atoms with Crippen LogP contribution in [0, 0.1) is 0 Å². The number of rotatable bonds is 4. The summed E-state index contributed by atoms with van der Waals surface area (Å²) in [6, 6.07) is 5.03. The van der Waals surface area contributed by atoms with Gasteiger partial charge in [-0.2, -0.15) is 0 Å². The van der Waals surface area contributed by atoms with E-state index >= 15 is 0 Å². The van der Waals surface area contributed by atoms with Crippen molar-refractivity contribution in [3.63, 3.8) is 0 Å². The van der Waals surface area contributed by atoms with Gasteiger partial charge in [0.25, 0.3) is 0 Å². The van der Waals surface area contributed by atoms with Gasteiger partial charge in [-0.3, -0.25) is 10.1 Å². The molecule has 0 bridgehead atoms. The molecule has 2 aromatic rings. The van der Waals surface area contributed by atoms with Crippen LogP contribution in [0.1, 0.15) is 0 Å². The number of carbonyl (C=O) groups excluding carboxylic acids is 1. The van der Waals surface area contributed by atoms with Crippen LogP contribution in [0.2, 0.25) is 5.02 Å². The molecule has 1 aromatic heterocycles. The molecule has 1 amide bonds. The van der Waals surface area contributed by atoms with Crippen molar-refractivity contribution in [3.8, 4) is 17.2 Å². The predicted octanol–water partition coefficient (Wildman–Crippen LogP) is 1.97. The lowest BCUT2D eigenvalue weighted by Crippen LogP contribution is -1.92. The monoisotopic (exact) mass is 253 g/mol. The van der Waals surface area contributed by atoms with Gasteiger partial charge >= 0.3 is 6.01 Å². The van der Waals surface area contributed by atoms with E-state index in [0.29, 0.717) is 22.7 Å². The normalized spacial score (nSPS) is 10.0. The highest BCUT2D eigenvalue weighted by atomic mass is 35.5. The van der Waals surface area contributed by atoms with E-state index < -0.39 is 0 Å². The van der Waals surface area contributed by atoms with E-state index in [9.17, 15) is 4.79 Å². The van der Waals surface area contributed by atoms with E-state index in [-0.39, 0.29) is 11.9 Å². The molecule has 0 saturated heterocycles. The summed E-state index contributed by atoms with van der Waals surface area (Å²) in [5.74, 6) is 0.825. The number of ether oxygens (including phenoxy) is 1. The van der Waals surface area contributed by atoms with Gasteiger partial charge in [0.1, 0.15) is 5.75 Å². The minimum absolute atomic E-state index is 0.0222. The molecule has 0 aliphatic heterocycles. The van der Waals surface area contributed by atoms with Crippen molar-refractivity contribution in [1.29, 1.82) is 0 Å². The number of amides is 1. The molecule has 88 valence electrons. The Hall–Kier alpha value is -2.08. The smallest absolute Gasteiger partial charge is 0.322 e. The third-order valence-electron chi connectivity index (χ3n) is 1.96. The van der Waals surface area contributed by atoms with Gasteiger partial charge in [-0.05, 0) is 18.2 Å². The van der Waals surface area contributed by atoms with E-state index in [4.69, 9.17) is 20.8 Å². The topological polar surface area (TPSA) is 77.3 Å². The van der Waals surface area contributed by atoms with Crippen LogP contribution >= 0.6 is 11.6 Å². The minimum Gasteiger partial charge on any atom is -0.497 e. The Morgan fingerprint density at radius 2 is 2.24 bits per heavy atom. The summed E-state index contributed by atoms with van der Waals surface area (Å²) in [5.41, 5.74) is 0.612. The Morgan fingerprint density at radius 3 is 2.94 bits per heavy atom. The van der Waals surface area contributed by atoms with Crippen molar-refractivity contribution in [2.45, 2.75) is 0 Å². The van der Waals surface area contributed by atoms with Crippen LogP contribution in [0.3, 0.4) is 0 Å². The number of nitrogens with zero attached hydrogens (tertiary/aromatic N) is 2. The Kier molecular flexibility index (Phi) is 3.24. The first-order valence-corrected chi connectivity index (χ1v) is 4.99. The number of methoxy groups -OCH3 is 1. The molecule has 0 aliphatic rings.